The molecule has 2 N–H and O–H groups in total. The number of carbonyl (C=O) groups excluding carboxylic acids is 3. The fraction of sp³-hybridized carbons (Fsp3) is 0.591. The summed E-state index contributed by atoms with van der Waals surface area (Å²) in [5, 5.41) is 5.47. The molecule has 0 radical (unpaired) electrons. The van der Waals surface area contributed by atoms with Crippen molar-refractivity contribution >= 4 is 24.0 Å². The zero-order valence-electron chi connectivity index (χ0n) is 18.7. The van der Waals surface area contributed by atoms with Gasteiger partial charge in [0, 0.05) is 18.6 Å². The Bertz CT molecular complexity index is 721. The molecule has 0 bridgehead atoms. The van der Waals surface area contributed by atoms with Gasteiger partial charge < -0.3 is 15.4 Å². The third-order valence-corrected chi connectivity index (χ3v) is 4.78. The summed E-state index contributed by atoms with van der Waals surface area (Å²) in [5.41, 5.74) is 0.836. The van der Waals surface area contributed by atoms with Crippen LogP contribution < -0.4 is 10.6 Å². The van der Waals surface area contributed by atoms with Crippen LogP contribution in [0.25, 0.3) is 0 Å². The molecule has 8 nitrogen and oxygen atoms in total. The average molecular weight is 419 g/mol. The minimum atomic E-state index is -0.800. The fourth-order valence-corrected chi connectivity index (χ4v) is 2.73. The molecule has 166 valence electrons. The van der Waals surface area contributed by atoms with E-state index in [0.29, 0.717) is 6.42 Å². The van der Waals surface area contributed by atoms with Crippen molar-refractivity contribution in [1.29, 1.82) is 0 Å². The highest BCUT2D eigenvalue weighted by atomic mass is 16.5. The molecule has 8 heteroatoms. The summed E-state index contributed by atoms with van der Waals surface area (Å²) in [6.45, 7) is 11.1. The van der Waals surface area contributed by atoms with Crippen molar-refractivity contribution in [2.75, 3.05) is 6.61 Å². The second kappa shape index (κ2) is 12.7. The van der Waals surface area contributed by atoms with Crippen LogP contribution in [0.1, 0.15) is 53.5 Å². The first-order valence-electron chi connectivity index (χ1n) is 10.4. The zero-order valence-corrected chi connectivity index (χ0v) is 18.7. The van der Waals surface area contributed by atoms with E-state index >= 15 is 0 Å². The van der Waals surface area contributed by atoms with E-state index in [-0.39, 0.29) is 24.3 Å². The van der Waals surface area contributed by atoms with Crippen molar-refractivity contribution in [2.24, 2.45) is 16.8 Å². The zero-order chi connectivity index (χ0) is 22.7. The monoisotopic (exact) mass is 418 g/mol. The predicted octanol–water partition coefficient (Wildman–Crippen LogP) is 2.12. The second-order valence-corrected chi connectivity index (χ2v) is 7.60. The van der Waals surface area contributed by atoms with E-state index in [9.17, 15) is 14.4 Å². The van der Waals surface area contributed by atoms with E-state index in [1.165, 1.54) is 0 Å². The number of esters is 1. The maximum atomic E-state index is 13.0. The Morgan fingerprint density at radius 3 is 2.23 bits per heavy atom. The van der Waals surface area contributed by atoms with Crippen LogP contribution in [-0.2, 0) is 19.1 Å². The van der Waals surface area contributed by atoms with Crippen molar-refractivity contribution in [3.8, 4) is 0 Å². The summed E-state index contributed by atoms with van der Waals surface area (Å²) in [4.78, 5) is 46.0. The Morgan fingerprint density at radius 1 is 1.07 bits per heavy atom. The number of nitrogens with zero attached hydrogens (tertiary/aromatic N) is 2. The minimum Gasteiger partial charge on any atom is -0.464 e. The Balaban J connectivity index is 2.92. The Hall–Kier alpha value is -2.77. The molecule has 0 saturated heterocycles. The molecule has 0 aliphatic rings. The van der Waals surface area contributed by atoms with Crippen LogP contribution in [0.5, 0.6) is 0 Å². The molecule has 0 saturated carbocycles. The third-order valence-electron chi connectivity index (χ3n) is 4.78. The predicted molar refractivity (Wildman–Crippen MR) is 116 cm³/mol. The number of aromatic nitrogens is 1. The largest absolute Gasteiger partial charge is 0.464 e. The lowest BCUT2D eigenvalue weighted by Gasteiger charge is -2.27. The van der Waals surface area contributed by atoms with Crippen molar-refractivity contribution < 1.29 is 19.1 Å². The maximum Gasteiger partial charge on any atom is 0.328 e. The van der Waals surface area contributed by atoms with Gasteiger partial charge in [0.05, 0.1) is 6.61 Å². The molecule has 0 aliphatic heterocycles. The molecule has 1 rings (SSSR count). The highest BCUT2D eigenvalue weighted by molar-refractivity contribution is 5.93. The summed E-state index contributed by atoms with van der Waals surface area (Å²) in [7, 11) is 0. The highest BCUT2D eigenvalue weighted by Crippen LogP contribution is 2.12. The molecule has 2 amide bonds. The first-order chi connectivity index (χ1) is 14.2. The van der Waals surface area contributed by atoms with E-state index in [1.54, 1.807) is 44.6 Å². The van der Waals surface area contributed by atoms with Gasteiger partial charge in [-0.05, 0) is 43.4 Å². The standard InChI is InChI=1S/C22H34N4O4/c1-7-15(5)19(21(28)25-16(6)22(29)30-8-2)26-20(27)18(14(3)4)24-13-17-9-11-23-12-10-17/h9-16,18-19H,7-8H2,1-6H3,(H,25,28)(H,26,27). The SMILES string of the molecule is CCOC(=O)C(C)NC(=O)C(NC(=O)C(N=Cc1ccncc1)C(C)C)C(C)CC. The summed E-state index contributed by atoms with van der Waals surface area (Å²) in [5.74, 6) is -1.46. The van der Waals surface area contributed by atoms with Gasteiger partial charge in [-0.15, -0.1) is 0 Å². The Kier molecular flexibility index (Phi) is 10.7. The fourth-order valence-electron chi connectivity index (χ4n) is 2.73. The van der Waals surface area contributed by atoms with Crippen LogP contribution in [0.3, 0.4) is 0 Å². The Morgan fingerprint density at radius 2 is 1.70 bits per heavy atom. The molecule has 4 unspecified atom stereocenters. The quantitative estimate of drug-likeness (QED) is 0.423. The smallest absolute Gasteiger partial charge is 0.328 e. The van der Waals surface area contributed by atoms with Gasteiger partial charge in [-0.2, -0.15) is 0 Å². The van der Waals surface area contributed by atoms with Crippen LogP contribution in [-0.4, -0.2) is 53.7 Å². The van der Waals surface area contributed by atoms with E-state index in [4.69, 9.17) is 4.74 Å². The maximum absolute atomic E-state index is 13.0. The van der Waals surface area contributed by atoms with E-state index in [2.05, 4.69) is 20.6 Å². The van der Waals surface area contributed by atoms with Gasteiger partial charge in [-0.1, -0.05) is 34.1 Å². The number of aliphatic imine (C=N–C) groups is 1. The molecule has 1 heterocycles. The van der Waals surface area contributed by atoms with Gasteiger partial charge in [0.2, 0.25) is 11.8 Å². The first-order valence-corrected chi connectivity index (χ1v) is 10.4. The second-order valence-electron chi connectivity index (χ2n) is 7.60. The highest BCUT2D eigenvalue weighted by Gasteiger charge is 2.31. The molecular formula is C22H34N4O4. The van der Waals surface area contributed by atoms with Crippen molar-refractivity contribution in [3.05, 3.63) is 30.1 Å². The van der Waals surface area contributed by atoms with E-state index in [1.807, 2.05) is 27.7 Å². The van der Waals surface area contributed by atoms with Gasteiger partial charge in [0.25, 0.3) is 0 Å². The lowest BCUT2D eigenvalue weighted by Crippen LogP contribution is -2.55. The molecule has 30 heavy (non-hydrogen) atoms. The molecule has 0 aliphatic carbocycles. The number of ether oxygens (including phenoxy) is 1. The molecule has 4 atom stereocenters. The van der Waals surface area contributed by atoms with Gasteiger partial charge in [-0.3, -0.25) is 19.6 Å². The number of hydrogen-bond donors (Lipinski definition) is 2. The van der Waals surface area contributed by atoms with Crippen molar-refractivity contribution in [2.45, 2.75) is 66.1 Å². The van der Waals surface area contributed by atoms with Crippen LogP contribution in [0.2, 0.25) is 0 Å². The van der Waals surface area contributed by atoms with Gasteiger partial charge >= 0.3 is 5.97 Å². The number of pyridine rings is 1. The van der Waals surface area contributed by atoms with Gasteiger partial charge in [0.15, 0.2) is 0 Å². The summed E-state index contributed by atoms with van der Waals surface area (Å²) in [6, 6.07) is 1.36. The van der Waals surface area contributed by atoms with Crippen LogP contribution in [0, 0.1) is 11.8 Å². The normalized spacial score (nSPS) is 15.3. The van der Waals surface area contributed by atoms with Crippen molar-refractivity contribution in [3.63, 3.8) is 0 Å². The minimum absolute atomic E-state index is 0.0674. The third kappa shape index (κ3) is 7.93. The van der Waals surface area contributed by atoms with Crippen molar-refractivity contribution in [1.82, 2.24) is 15.6 Å². The summed E-state index contributed by atoms with van der Waals surface area (Å²) < 4.78 is 4.93. The number of amides is 2. The van der Waals surface area contributed by atoms with E-state index in [0.717, 1.165) is 5.56 Å². The Labute approximate surface area is 178 Å². The number of hydrogen-bond acceptors (Lipinski definition) is 6. The number of rotatable bonds is 11. The molecule has 0 aromatic carbocycles. The van der Waals surface area contributed by atoms with E-state index < -0.39 is 30.0 Å². The molecule has 1 aromatic heterocycles. The van der Waals surface area contributed by atoms with Crippen LogP contribution in [0.4, 0.5) is 0 Å². The molecule has 0 spiro atoms. The summed E-state index contributed by atoms with van der Waals surface area (Å²) in [6.07, 6.45) is 5.62. The van der Waals surface area contributed by atoms with Gasteiger partial charge in [-0.25, -0.2) is 4.79 Å². The molecule has 1 aromatic rings. The van der Waals surface area contributed by atoms with Gasteiger partial charge in [0.1, 0.15) is 18.1 Å². The number of carbonyl (C=O) groups is 3. The van der Waals surface area contributed by atoms with Crippen LogP contribution >= 0.6 is 0 Å². The molecule has 0 fully saturated rings. The lowest BCUT2D eigenvalue weighted by atomic mass is 9.96. The average Bonchev–Trinajstić information content (AvgIpc) is 2.72. The first kappa shape index (κ1) is 25.3. The summed E-state index contributed by atoms with van der Waals surface area (Å²) >= 11 is 0. The lowest BCUT2D eigenvalue weighted by molar-refractivity contribution is -0.147. The topological polar surface area (TPSA) is 110 Å². The molecular weight excluding hydrogens is 384 g/mol. The number of nitrogens with one attached hydrogen (secondary N) is 2. The van der Waals surface area contributed by atoms with Crippen LogP contribution in [0.15, 0.2) is 29.5 Å².